The largest absolute Gasteiger partial charge is 0.381 e. The van der Waals surface area contributed by atoms with Crippen LogP contribution < -0.4 is 11.1 Å². The average Bonchev–Trinajstić information content (AvgIpc) is 2.53. The van der Waals surface area contributed by atoms with Crippen LogP contribution in [0, 0.1) is 0 Å². The third-order valence-corrected chi connectivity index (χ3v) is 4.10. The molecule has 0 aliphatic carbocycles. The number of amides is 1. The number of nitrogens with two attached hydrogens (primary N) is 1. The minimum Gasteiger partial charge on any atom is -0.381 e. The smallest absolute Gasteiger partial charge is 0.240 e. The molecule has 110 valence electrons. The second-order valence-electron chi connectivity index (χ2n) is 5.63. The molecule has 0 radical (unpaired) electrons. The molecular formula is C17H20N2O2. The zero-order valence-corrected chi connectivity index (χ0v) is 12.0. The lowest BCUT2D eigenvalue weighted by molar-refractivity contribution is -0.129. The minimum absolute atomic E-state index is 0.0843. The highest BCUT2D eigenvalue weighted by atomic mass is 16.5. The van der Waals surface area contributed by atoms with E-state index < -0.39 is 5.54 Å². The summed E-state index contributed by atoms with van der Waals surface area (Å²) in [7, 11) is 0. The highest BCUT2D eigenvalue weighted by Gasteiger charge is 2.35. The van der Waals surface area contributed by atoms with E-state index in [0.29, 0.717) is 32.6 Å². The van der Waals surface area contributed by atoms with E-state index in [1.165, 1.54) is 10.8 Å². The summed E-state index contributed by atoms with van der Waals surface area (Å²) in [5.41, 5.74) is 6.46. The predicted molar refractivity (Wildman–Crippen MR) is 82.8 cm³/mol. The van der Waals surface area contributed by atoms with Gasteiger partial charge in [0.1, 0.15) is 0 Å². The number of hydrogen-bond donors (Lipinski definition) is 2. The quantitative estimate of drug-likeness (QED) is 0.905. The maximum Gasteiger partial charge on any atom is 0.240 e. The molecule has 2 aromatic carbocycles. The summed E-state index contributed by atoms with van der Waals surface area (Å²) in [6.07, 6.45) is 1.16. The fourth-order valence-corrected chi connectivity index (χ4v) is 2.67. The fourth-order valence-electron chi connectivity index (χ4n) is 2.67. The molecule has 1 amide bonds. The molecule has 0 atom stereocenters. The molecule has 4 heteroatoms. The third kappa shape index (κ3) is 3.06. The van der Waals surface area contributed by atoms with Gasteiger partial charge in [-0.2, -0.15) is 0 Å². The summed E-state index contributed by atoms with van der Waals surface area (Å²) in [4.78, 5) is 12.3. The molecule has 1 fully saturated rings. The number of carbonyl (C=O) groups excluding carboxylic acids is 1. The van der Waals surface area contributed by atoms with Crippen LogP contribution in [0.4, 0.5) is 0 Å². The zero-order valence-electron chi connectivity index (χ0n) is 12.0. The third-order valence-electron chi connectivity index (χ3n) is 4.10. The Morgan fingerprint density at radius 2 is 1.86 bits per heavy atom. The van der Waals surface area contributed by atoms with Crippen molar-refractivity contribution in [1.82, 2.24) is 5.32 Å². The van der Waals surface area contributed by atoms with Gasteiger partial charge >= 0.3 is 0 Å². The van der Waals surface area contributed by atoms with Crippen LogP contribution in [-0.2, 0) is 16.1 Å². The normalized spacial score (nSPS) is 17.6. The van der Waals surface area contributed by atoms with Crippen molar-refractivity contribution in [2.45, 2.75) is 24.9 Å². The fraction of sp³-hybridized carbons (Fsp3) is 0.353. The molecule has 1 aliphatic rings. The van der Waals surface area contributed by atoms with Gasteiger partial charge in [-0.15, -0.1) is 0 Å². The number of fused-ring (bicyclic) bond motifs is 1. The Labute approximate surface area is 124 Å². The molecule has 21 heavy (non-hydrogen) atoms. The summed E-state index contributed by atoms with van der Waals surface area (Å²) in [6.45, 7) is 1.61. The average molecular weight is 284 g/mol. The number of hydrogen-bond acceptors (Lipinski definition) is 3. The van der Waals surface area contributed by atoms with E-state index in [0.717, 1.165) is 5.56 Å². The number of nitrogens with one attached hydrogen (secondary N) is 1. The van der Waals surface area contributed by atoms with Crippen molar-refractivity contribution in [3.8, 4) is 0 Å². The Morgan fingerprint density at radius 3 is 2.62 bits per heavy atom. The van der Waals surface area contributed by atoms with E-state index in [1.54, 1.807) is 0 Å². The van der Waals surface area contributed by atoms with Gasteiger partial charge in [-0.1, -0.05) is 36.4 Å². The van der Waals surface area contributed by atoms with Crippen molar-refractivity contribution in [1.29, 1.82) is 0 Å². The van der Waals surface area contributed by atoms with Crippen LogP contribution in [0.5, 0.6) is 0 Å². The Balaban J connectivity index is 1.67. The molecule has 0 spiro atoms. The standard InChI is InChI=1S/C17H20N2O2/c18-17(7-9-21-10-8-17)16(20)19-12-13-5-6-14-3-1-2-4-15(14)11-13/h1-6,11H,7-10,12,18H2,(H,19,20). The SMILES string of the molecule is NC1(C(=O)NCc2ccc3ccccc3c2)CCOCC1. The minimum atomic E-state index is -0.783. The van der Waals surface area contributed by atoms with Crippen LogP contribution in [0.15, 0.2) is 42.5 Å². The number of benzene rings is 2. The van der Waals surface area contributed by atoms with Gasteiger partial charge in [0, 0.05) is 19.8 Å². The van der Waals surface area contributed by atoms with E-state index in [-0.39, 0.29) is 5.91 Å². The summed E-state index contributed by atoms with van der Waals surface area (Å²) in [5, 5.41) is 5.33. The van der Waals surface area contributed by atoms with Crippen LogP contribution >= 0.6 is 0 Å². The van der Waals surface area contributed by atoms with Crippen LogP contribution in [0.1, 0.15) is 18.4 Å². The van der Waals surface area contributed by atoms with Crippen molar-refractivity contribution in [2.75, 3.05) is 13.2 Å². The van der Waals surface area contributed by atoms with Gasteiger partial charge in [-0.25, -0.2) is 0 Å². The van der Waals surface area contributed by atoms with E-state index >= 15 is 0 Å². The van der Waals surface area contributed by atoms with Crippen molar-refractivity contribution in [3.63, 3.8) is 0 Å². The monoisotopic (exact) mass is 284 g/mol. The van der Waals surface area contributed by atoms with Crippen LogP contribution in [0.2, 0.25) is 0 Å². The number of carbonyl (C=O) groups is 1. The number of rotatable bonds is 3. The first-order chi connectivity index (χ1) is 10.2. The summed E-state index contributed by atoms with van der Waals surface area (Å²) < 4.78 is 5.27. The highest BCUT2D eigenvalue weighted by Crippen LogP contribution is 2.19. The molecule has 3 N–H and O–H groups in total. The first-order valence-electron chi connectivity index (χ1n) is 7.30. The van der Waals surface area contributed by atoms with E-state index in [1.807, 2.05) is 18.2 Å². The molecular weight excluding hydrogens is 264 g/mol. The lowest BCUT2D eigenvalue weighted by atomic mass is 9.90. The Morgan fingerprint density at radius 1 is 1.14 bits per heavy atom. The second kappa shape index (κ2) is 5.84. The molecule has 1 saturated heterocycles. The van der Waals surface area contributed by atoms with Crippen molar-refractivity contribution in [2.24, 2.45) is 5.73 Å². The maximum atomic E-state index is 12.3. The van der Waals surface area contributed by atoms with Gasteiger partial charge in [0.2, 0.25) is 5.91 Å². The molecule has 0 unspecified atom stereocenters. The summed E-state index contributed by atoms with van der Waals surface area (Å²) in [5.74, 6) is -0.0843. The zero-order chi connectivity index (χ0) is 14.7. The van der Waals surface area contributed by atoms with Gasteiger partial charge in [0.25, 0.3) is 0 Å². The molecule has 0 aromatic heterocycles. The van der Waals surface area contributed by atoms with Crippen molar-refractivity contribution < 1.29 is 9.53 Å². The van der Waals surface area contributed by atoms with Crippen LogP contribution in [-0.4, -0.2) is 24.7 Å². The van der Waals surface area contributed by atoms with Gasteiger partial charge < -0.3 is 15.8 Å². The Kier molecular flexibility index (Phi) is 3.90. The van der Waals surface area contributed by atoms with Gasteiger partial charge in [-0.05, 0) is 35.2 Å². The molecule has 2 aromatic rings. The maximum absolute atomic E-state index is 12.3. The first kappa shape index (κ1) is 14.0. The Bertz CT molecular complexity index is 648. The Hall–Kier alpha value is -1.91. The summed E-state index contributed by atoms with van der Waals surface area (Å²) >= 11 is 0. The molecule has 3 rings (SSSR count). The van der Waals surface area contributed by atoms with Gasteiger partial charge in [0.15, 0.2) is 0 Å². The molecule has 0 saturated carbocycles. The second-order valence-corrected chi connectivity index (χ2v) is 5.63. The lowest BCUT2D eigenvalue weighted by Gasteiger charge is -2.31. The van der Waals surface area contributed by atoms with E-state index in [4.69, 9.17) is 10.5 Å². The molecule has 1 aliphatic heterocycles. The number of ether oxygens (including phenoxy) is 1. The highest BCUT2D eigenvalue weighted by molar-refractivity contribution is 5.86. The van der Waals surface area contributed by atoms with Crippen molar-refractivity contribution in [3.05, 3.63) is 48.0 Å². The predicted octanol–water partition coefficient (Wildman–Crippen LogP) is 1.96. The molecule has 4 nitrogen and oxygen atoms in total. The van der Waals surface area contributed by atoms with Crippen molar-refractivity contribution >= 4 is 16.7 Å². The lowest BCUT2D eigenvalue weighted by Crippen LogP contribution is -2.56. The van der Waals surface area contributed by atoms with E-state index in [2.05, 4.69) is 29.6 Å². The molecule has 1 heterocycles. The van der Waals surface area contributed by atoms with Crippen LogP contribution in [0.3, 0.4) is 0 Å². The topological polar surface area (TPSA) is 64.4 Å². The van der Waals surface area contributed by atoms with Gasteiger partial charge in [-0.3, -0.25) is 4.79 Å². The molecule has 0 bridgehead atoms. The first-order valence-corrected chi connectivity index (χ1v) is 7.30. The van der Waals surface area contributed by atoms with Crippen LogP contribution in [0.25, 0.3) is 10.8 Å². The summed E-state index contributed by atoms with van der Waals surface area (Å²) in [6, 6.07) is 14.4. The van der Waals surface area contributed by atoms with E-state index in [9.17, 15) is 4.79 Å². The van der Waals surface area contributed by atoms with Gasteiger partial charge in [0.05, 0.1) is 5.54 Å².